The topological polar surface area (TPSA) is 71.1 Å². The second-order valence-corrected chi connectivity index (χ2v) is 6.43. The van der Waals surface area contributed by atoms with Gasteiger partial charge in [-0.05, 0) is 31.0 Å². The third-order valence-electron chi connectivity index (χ3n) is 3.08. The van der Waals surface area contributed by atoms with E-state index in [1.54, 1.807) is 19.2 Å². The maximum Gasteiger partial charge on any atom is 0.260 e. The van der Waals surface area contributed by atoms with Crippen LogP contribution in [0.3, 0.4) is 0 Å². The molecule has 0 unspecified atom stereocenters. The zero-order chi connectivity index (χ0) is 15.3. The van der Waals surface area contributed by atoms with Gasteiger partial charge in [0, 0.05) is 19.8 Å². The van der Waals surface area contributed by atoms with Gasteiger partial charge in [-0.15, -0.1) is 0 Å². The van der Waals surface area contributed by atoms with Crippen LogP contribution in [0.25, 0.3) is 0 Å². The number of aromatic nitrogens is 1. The molecule has 6 heteroatoms. The van der Waals surface area contributed by atoms with Gasteiger partial charge in [-0.3, -0.25) is 0 Å². The van der Waals surface area contributed by atoms with Crippen molar-refractivity contribution in [3.05, 3.63) is 53.7 Å². The molecule has 1 aromatic carbocycles. The summed E-state index contributed by atoms with van der Waals surface area (Å²) in [6, 6.07) is 11.4. The lowest BCUT2D eigenvalue weighted by atomic mass is 10.1. The minimum atomic E-state index is -3.61. The van der Waals surface area contributed by atoms with E-state index in [2.05, 4.69) is 15.0 Å². The number of aryl methyl sites for hydroxylation is 1. The number of benzene rings is 1. The van der Waals surface area contributed by atoms with Crippen molar-refractivity contribution in [1.82, 2.24) is 9.71 Å². The maximum atomic E-state index is 12.3. The summed E-state index contributed by atoms with van der Waals surface area (Å²) in [5.41, 5.74) is 2.76. The predicted octanol–water partition coefficient (Wildman–Crippen LogP) is 1.95. The minimum Gasteiger partial charge on any atom is -0.386 e. The number of sulfonamides is 1. The number of pyridine rings is 1. The number of hydrogen-bond donors (Lipinski definition) is 2. The summed E-state index contributed by atoms with van der Waals surface area (Å²) in [6.07, 6.45) is 2.11. The molecule has 0 fully saturated rings. The summed E-state index contributed by atoms with van der Waals surface area (Å²) in [4.78, 5) is 3.95. The Labute approximate surface area is 125 Å². The van der Waals surface area contributed by atoms with Gasteiger partial charge < -0.3 is 5.32 Å². The van der Waals surface area contributed by atoms with Gasteiger partial charge in [0.15, 0.2) is 5.03 Å². The van der Waals surface area contributed by atoms with Crippen molar-refractivity contribution < 1.29 is 8.42 Å². The van der Waals surface area contributed by atoms with E-state index < -0.39 is 10.0 Å². The Morgan fingerprint density at radius 2 is 2.00 bits per heavy atom. The van der Waals surface area contributed by atoms with Gasteiger partial charge in [-0.2, -0.15) is 0 Å². The van der Waals surface area contributed by atoms with Crippen LogP contribution in [0.1, 0.15) is 11.1 Å². The highest BCUT2D eigenvalue weighted by Gasteiger charge is 2.18. The molecule has 1 heterocycles. The second kappa shape index (κ2) is 6.69. The van der Waals surface area contributed by atoms with Gasteiger partial charge in [0.05, 0.1) is 5.69 Å². The SMILES string of the molecule is CNc1cccnc1S(=O)(=O)NCCc1cccc(C)c1. The number of rotatable bonds is 6. The Morgan fingerprint density at radius 3 is 2.71 bits per heavy atom. The fourth-order valence-corrected chi connectivity index (χ4v) is 3.23. The highest BCUT2D eigenvalue weighted by atomic mass is 32.2. The van der Waals surface area contributed by atoms with E-state index in [0.717, 1.165) is 11.1 Å². The molecule has 0 bridgehead atoms. The van der Waals surface area contributed by atoms with Crippen molar-refractivity contribution in [2.24, 2.45) is 0 Å². The molecule has 0 spiro atoms. The van der Waals surface area contributed by atoms with Crippen LogP contribution in [0, 0.1) is 6.92 Å². The number of hydrogen-bond acceptors (Lipinski definition) is 4. The molecule has 5 nitrogen and oxygen atoms in total. The Kier molecular flexibility index (Phi) is 4.93. The first-order valence-electron chi connectivity index (χ1n) is 6.71. The van der Waals surface area contributed by atoms with Crippen LogP contribution in [0.5, 0.6) is 0 Å². The Bertz CT molecular complexity index is 714. The van der Waals surface area contributed by atoms with E-state index in [4.69, 9.17) is 0 Å². The van der Waals surface area contributed by atoms with Crippen molar-refractivity contribution in [3.63, 3.8) is 0 Å². The molecule has 0 atom stereocenters. The molecule has 21 heavy (non-hydrogen) atoms. The summed E-state index contributed by atoms with van der Waals surface area (Å²) < 4.78 is 27.1. The average molecular weight is 305 g/mol. The third kappa shape index (κ3) is 4.03. The normalized spacial score (nSPS) is 11.3. The minimum absolute atomic E-state index is 0.0248. The Balaban J connectivity index is 2.05. The quantitative estimate of drug-likeness (QED) is 0.856. The fraction of sp³-hybridized carbons (Fsp3) is 0.267. The van der Waals surface area contributed by atoms with Gasteiger partial charge in [0.2, 0.25) is 0 Å². The first kappa shape index (κ1) is 15.5. The second-order valence-electron chi connectivity index (χ2n) is 4.74. The standard InChI is InChI=1S/C15H19N3O2S/c1-12-5-3-6-13(11-12)8-10-18-21(19,20)15-14(16-2)7-4-9-17-15/h3-7,9,11,16,18H,8,10H2,1-2H3. The molecule has 0 aliphatic heterocycles. The van der Waals surface area contributed by atoms with Crippen LogP contribution in [0.2, 0.25) is 0 Å². The molecule has 0 aliphatic rings. The van der Waals surface area contributed by atoms with Gasteiger partial charge in [-0.25, -0.2) is 18.1 Å². The van der Waals surface area contributed by atoms with E-state index in [9.17, 15) is 8.42 Å². The van der Waals surface area contributed by atoms with Gasteiger partial charge in [0.1, 0.15) is 0 Å². The van der Waals surface area contributed by atoms with Gasteiger partial charge >= 0.3 is 0 Å². The van der Waals surface area contributed by atoms with E-state index in [0.29, 0.717) is 18.7 Å². The zero-order valence-corrected chi connectivity index (χ0v) is 12.9. The molecule has 112 valence electrons. The fourth-order valence-electron chi connectivity index (χ4n) is 2.06. The smallest absolute Gasteiger partial charge is 0.260 e. The summed E-state index contributed by atoms with van der Waals surface area (Å²) in [7, 11) is -1.94. The molecule has 2 aromatic rings. The summed E-state index contributed by atoms with van der Waals surface area (Å²) >= 11 is 0. The summed E-state index contributed by atoms with van der Waals surface area (Å²) in [6.45, 7) is 2.35. The molecule has 0 saturated carbocycles. The van der Waals surface area contributed by atoms with Crippen LogP contribution in [0.4, 0.5) is 5.69 Å². The van der Waals surface area contributed by atoms with Crippen molar-refractivity contribution >= 4 is 15.7 Å². The zero-order valence-electron chi connectivity index (χ0n) is 12.1. The van der Waals surface area contributed by atoms with E-state index in [1.807, 2.05) is 31.2 Å². The van der Waals surface area contributed by atoms with Crippen LogP contribution < -0.4 is 10.0 Å². The Hall–Kier alpha value is -1.92. The largest absolute Gasteiger partial charge is 0.386 e. The monoisotopic (exact) mass is 305 g/mol. The van der Waals surface area contributed by atoms with Crippen molar-refractivity contribution in [3.8, 4) is 0 Å². The third-order valence-corrected chi connectivity index (χ3v) is 4.50. The first-order valence-corrected chi connectivity index (χ1v) is 8.19. The predicted molar refractivity (Wildman–Crippen MR) is 83.9 cm³/mol. The summed E-state index contributed by atoms with van der Waals surface area (Å²) in [5.74, 6) is 0. The van der Waals surface area contributed by atoms with Gasteiger partial charge in [-0.1, -0.05) is 29.8 Å². The maximum absolute atomic E-state index is 12.3. The molecule has 0 amide bonds. The van der Waals surface area contributed by atoms with E-state index >= 15 is 0 Å². The number of anilines is 1. The molecule has 2 N–H and O–H groups in total. The van der Waals surface area contributed by atoms with Crippen LogP contribution >= 0.6 is 0 Å². The molecule has 1 aromatic heterocycles. The van der Waals surface area contributed by atoms with Crippen LogP contribution in [-0.4, -0.2) is 27.0 Å². The molecule has 2 rings (SSSR count). The average Bonchev–Trinajstić information content (AvgIpc) is 2.47. The highest BCUT2D eigenvalue weighted by molar-refractivity contribution is 7.89. The lowest BCUT2D eigenvalue weighted by Gasteiger charge is -2.10. The van der Waals surface area contributed by atoms with Crippen molar-refractivity contribution in [1.29, 1.82) is 0 Å². The Morgan fingerprint density at radius 1 is 1.19 bits per heavy atom. The summed E-state index contributed by atoms with van der Waals surface area (Å²) in [5, 5.41) is 2.86. The lowest BCUT2D eigenvalue weighted by molar-refractivity contribution is 0.578. The van der Waals surface area contributed by atoms with E-state index in [1.165, 1.54) is 6.20 Å². The highest BCUT2D eigenvalue weighted by Crippen LogP contribution is 2.16. The van der Waals surface area contributed by atoms with Gasteiger partial charge in [0.25, 0.3) is 10.0 Å². The molecule has 0 radical (unpaired) electrons. The number of nitrogens with one attached hydrogen (secondary N) is 2. The first-order chi connectivity index (χ1) is 10.0. The number of nitrogens with zero attached hydrogens (tertiary/aromatic N) is 1. The van der Waals surface area contributed by atoms with Crippen LogP contribution in [-0.2, 0) is 16.4 Å². The van der Waals surface area contributed by atoms with Crippen molar-refractivity contribution in [2.75, 3.05) is 18.9 Å². The lowest BCUT2D eigenvalue weighted by Crippen LogP contribution is -2.27. The molecular formula is C15H19N3O2S. The molecule has 0 aliphatic carbocycles. The molecular weight excluding hydrogens is 286 g/mol. The van der Waals surface area contributed by atoms with E-state index in [-0.39, 0.29) is 5.03 Å². The van der Waals surface area contributed by atoms with Crippen LogP contribution in [0.15, 0.2) is 47.6 Å². The van der Waals surface area contributed by atoms with Crippen molar-refractivity contribution in [2.45, 2.75) is 18.4 Å². The molecule has 0 saturated heterocycles.